The van der Waals surface area contributed by atoms with Gasteiger partial charge in [-0.05, 0) is 15.9 Å². The van der Waals surface area contributed by atoms with Crippen LogP contribution in [0.5, 0.6) is 0 Å². The molecule has 13 heavy (non-hydrogen) atoms. The number of nitrogens with two attached hydrogens (primary N) is 1. The number of likely N-dealkylation sites (N-methyl/N-ethyl adjacent to an activating group) is 1. The van der Waals surface area contributed by atoms with Crippen molar-refractivity contribution in [2.45, 2.75) is 6.54 Å². The second kappa shape index (κ2) is 3.73. The number of hydrogen-bond acceptors (Lipinski definition) is 4. The van der Waals surface area contributed by atoms with Crippen LogP contribution in [0.1, 0.15) is 0 Å². The van der Waals surface area contributed by atoms with E-state index in [1.165, 1.54) is 9.58 Å². The Bertz CT molecular complexity index is 321. The van der Waals surface area contributed by atoms with Crippen LogP contribution in [0.25, 0.3) is 0 Å². The topological polar surface area (TPSA) is 77.0 Å². The van der Waals surface area contributed by atoms with Gasteiger partial charge in [-0.3, -0.25) is 4.79 Å². The highest BCUT2D eigenvalue weighted by molar-refractivity contribution is 9.10. The summed E-state index contributed by atoms with van der Waals surface area (Å²) in [6.45, 7) is 0.137. The van der Waals surface area contributed by atoms with Gasteiger partial charge < -0.3 is 10.6 Å². The maximum absolute atomic E-state index is 11.2. The van der Waals surface area contributed by atoms with E-state index in [4.69, 9.17) is 5.73 Å². The molecule has 0 radical (unpaired) electrons. The van der Waals surface area contributed by atoms with Crippen molar-refractivity contribution in [3.05, 3.63) is 4.73 Å². The highest BCUT2D eigenvalue weighted by Crippen LogP contribution is 2.07. The third-order valence-electron chi connectivity index (χ3n) is 1.43. The van der Waals surface area contributed by atoms with E-state index in [1.54, 1.807) is 14.1 Å². The van der Waals surface area contributed by atoms with E-state index < -0.39 is 0 Å². The van der Waals surface area contributed by atoms with E-state index >= 15 is 0 Å². The lowest BCUT2D eigenvalue weighted by molar-refractivity contribution is -0.129. The summed E-state index contributed by atoms with van der Waals surface area (Å²) in [6, 6.07) is 0. The molecule has 0 spiro atoms. The van der Waals surface area contributed by atoms with Gasteiger partial charge in [0.05, 0.1) is 0 Å². The van der Waals surface area contributed by atoms with Crippen molar-refractivity contribution in [2.24, 2.45) is 0 Å². The molecule has 1 aromatic rings. The van der Waals surface area contributed by atoms with Crippen molar-refractivity contribution >= 4 is 27.8 Å². The van der Waals surface area contributed by atoms with Gasteiger partial charge in [-0.2, -0.15) is 4.98 Å². The van der Waals surface area contributed by atoms with Gasteiger partial charge in [-0.25, -0.2) is 4.68 Å². The van der Waals surface area contributed by atoms with Crippen molar-refractivity contribution < 1.29 is 4.79 Å². The first kappa shape index (κ1) is 9.97. The highest BCUT2D eigenvalue weighted by Gasteiger charge is 2.10. The van der Waals surface area contributed by atoms with E-state index in [-0.39, 0.29) is 18.4 Å². The summed E-state index contributed by atoms with van der Waals surface area (Å²) in [5.41, 5.74) is 5.33. The Kier molecular flexibility index (Phi) is 2.86. The van der Waals surface area contributed by atoms with E-state index in [1.807, 2.05) is 0 Å². The summed E-state index contributed by atoms with van der Waals surface area (Å²) in [7, 11) is 3.35. The van der Waals surface area contributed by atoms with Crippen molar-refractivity contribution in [2.75, 3.05) is 19.8 Å². The van der Waals surface area contributed by atoms with Gasteiger partial charge in [0.25, 0.3) is 0 Å². The van der Waals surface area contributed by atoms with Gasteiger partial charge in [-0.1, -0.05) is 0 Å². The summed E-state index contributed by atoms with van der Waals surface area (Å²) in [5, 5.41) is 3.82. The lowest BCUT2D eigenvalue weighted by Gasteiger charge is -2.09. The predicted molar refractivity (Wildman–Crippen MR) is 50.8 cm³/mol. The van der Waals surface area contributed by atoms with Crippen molar-refractivity contribution in [1.82, 2.24) is 19.7 Å². The number of rotatable bonds is 2. The van der Waals surface area contributed by atoms with Gasteiger partial charge in [0.15, 0.2) is 4.73 Å². The average Bonchev–Trinajstić information content (AvgIpc) is 2.30. The first-order valence-electron chi connectivity index (χ1n) is 3.56. The molecule has 0 saturated carbocycles. The Labute approximate surface area is 83.8 Å². The van der Waals surface area contributed by atoms with Crippen LogP contribution < -0.4 is 5.73 Å². The fourth-order valence-corrected chi connectivity index (χ4v) is 1.10. The quantitative estimate of drug-likeness (QED) is 0.780. The zero-order chi connectivity index (χ0) is 10.0. The predicted octanol–water partition coefficient (Wildman–Crippen LogP) is -0.289. The fourth-order valence-electron chi connectivity index (χ4n) is 0.710. The minimum Gasteiger partial charge on any atom is -0.366 e. The Morgan fingerprint density at radius 3 is 2.69 bits per heavy atom. The molecule has 0 bridgehead atoms. The number of nitrogens with zero attached hydrogens (tertiary/aromatic N) is 4. The van der Waals surface area contributed by atoms with Crippen LogP contribution in [-0.4, -0.2) is 39.7 Å². The molecule has 0 aliphatic rings. The molecule has 0 fully saturated rings. The second-order valence-corrected chi connectivity index (χ2v) is 3.39. The molecule has 0 aliphatic heterocycles. The minimum absolute atomic E-state index is 0.0643. The number of hydrogen-bond donors (Lipinski definition) is 1. The van der Waals surface area contributed by atoms with Gasteiger partial charge in [0.1, 0.15) is 6.54 Å². The standard InChI is InChI=1S/C6H10BrN5O/c1-11(2)4(13)3-12-5(7)9-6(8)10-12/h3H2,1-2H3,(H2,8,10). The summed E-state index contributed by atoms with van der Waals surface area (Å²) < 4.78 is 1.86. The first-order valence-corrected chi connectivity index (χ1v) is 4.36. The van der Waals surface area contributed by atoms with Crippen LogP contribution in [0.15, 0.2) is 4.73 Å². The maximum Gasteiger partial charge on any atom is 0.243 e. The molecule has 2 N–H and O–H groups in total. The lowest BCUT2D eigenvalue weighted by Crippen LogP contribution is -2.26. The normalized spacial score (nSPS) is 10.1. The highest BCUT2D eigenvalue weighted by atomic mass is 79.9. The average molecular weight is 248 g/mol. The fraction of sp³-hybridized carbons (Fsp3) is 0.500. The van der Waals surface area contributed by atoms with Crippen LogP contribution in [0, 0.1) is 0 Å². The Morgan fingerprint density at radius 2 is 2.31 bits per heavy atom. The number of anilines is 1. The number of halogens is 1. The molecule has 0 saturated heterocycles. The smallest absolute Gasteiger partial charge is 0.243 e. The number of aromatic nitrogens is 3. The zero-order valence-corrected chi connectivity index (χ0v) is 8.95. The van der Waals surface area contributed by atoms with E-state index in [0.29, 0.717) is 4.73 Å². The monoisotopic (exact) mass is 247 g/mol. The van der Waals surface area contributed by atoms with E-state index in [9.17, 15) is 4.79 Å². The lowest BCUT2D eigenvalue weighted by atomic mass is 10.5. The van der Waals surface area contributed by atoms with Crippen molar-refractivity contribution in [3.8, 4) is 0 Å². The van der Waals surface area contributed by atoms with Gasteiger partial charge >= 0.3 is 0 Å². The van der Waals surface area contributed by atoms with Gasteiger partial charge in [0, 0.05) is 14.1 Å². The number of carbonyl (C=O) groups excluding carboxylic acids is 1. The largest absolute Gasteiger partial charge is 0.366 e. The SMILES string of the molecule is CN(C)C(=O)Cn1nc(N)nc1Br. The molecule has 1 aromatic heterocycles. The molecule has 72 valence electrons. The molecule has 0 aromatic carbocycles. The van der Waals surface area contributed by atoms with E-state index in [2.05, 4.69) is 26.0 Å². The van der Waals surface area contributed by atoms with Crippen LogP contribution in [0.3, 0.4) is 0 Å². The Balaban J connectivity index is 2.74. The molecular formula is C6H10BrN5O. The third-order valence-corrected chi connectivity index (χ3v) is 2.01. The van der Waals surface area contributed by atoms with Crippen LogP contribution in [0.4, 0.5) is 5.95 Å². The molecule has 6 nitrogen and oxygen atoms in total. The summed E-state index contributed by atoms with van der Waals surface area (Å²) >= 11 is 3.13. The molecular weight excluding hydrogens is 238 g/mol. The first-order chi connectivity index (χ1) is 6.00. The van der Waals surface area contributed by atoms with Crippen molar-refractivity contribution in [3.63, 3.8) is 0 Å². The molecule has 0 unspecified atom stereocenters. The van der Waals surface area contributed by atoms with Crippen molar-refractivity contribution in [1.29, 1.82) is 0 Å². The number of carbonyl (C=O) groups is 1. The molecule has 1 rings (SSSR count). The van der Waals surface area contributed by atoms with Gasteiger partial charge in [0.2, 0.25) is 11.9 Å². The minimum atomic E-state index is -0.0643. The molecule has 0 aliphatic carbocycles. The summed E-state index contributed by atoms with van der Waals surface area (Å²) in [4.78, 5) is 16.5. The third kappa shape index (κ3) is 2.41. The second-order valence-electron chi connectivity index (χ2n) is 2.68. The number of nitrogen functional groups attached to an aromatic ring is 1. The maximum atomic E-state index is 11.2. The van der Waals surface area contributed by atoms with Crippen LogP contribution in [0.2, 0.25) is 0 Å². The molecule has 1 heterocycles. The van der Waals surface area contributed by atoms with E-state index in [0.717, 1.165) is 0 Å². The summed E-state index contributed by atoms with van der Waals surface area (Å²) in [6.07, 6.45) is 0. The Hall–Kier alpha value is -1.11. The Morgan fingerprint density at radius 1 is 1.69 bits per heavy atom. The molecule has 0 atom stereocenters. The molecule has 7 heteroatoms. The van der Waals surface area contributed by atoms with Gasteiger partial charge in [-0.15, -0.1) is 5.10 Å². The zero-order valence-electron chi connectivity index (χ0n) is 7.36. The van der Waals surface area contributed by atoms with Crippen LogP contribution in [-0.2, 0) is 11.3 Å². The molecule has 1 amide bonds. The summed E-state index contributed by atoms with van der Waals surface area (Å²) in [5.74, 6) is 0.0871. The van der Waals surface area contributed by atoms with Crippen LogP contribution >= 0.6 is 15.9 Å². The number of amides is 1.